The smallest absolute Gasteiger partial charge is 0.244 e. The zero-order valence-corrected chi connectivity index (χ0v) is 17.2. The Morgan fingerprint density at radius 2 is 1.76 bits per heavy atom. The summed E-state index contributed by atoms with van der Waals surface area (Å²) in [6, 6.07) is 10.8. The summed E-state index contributed by atoms with van der Waals surface area (Å²) in [6.45, 7) is 4.90. The predicted molar refractivity (Wildman–Crippen MR) is 108 cm³/mol. The number of benzene rings is 2. The SMILES string of the molecule is CC(=O)Nc1cccc(CNC(=O)[C@@H](NS(=O)(=O)c2ccccc2F)C(C)C)c1. The van der Waals surface area contributed by atoms with Gasteiger partial charge in [0.05, 0.1) is 0 Å². The van der Waals surface area contributed by atoms with Crippen LogP contribution in [0.25, 0.3) is 0 Å². The number of sulfonamides is 1. The molecule has 2 aromatic carbocycles. The standard InChI is InChI=1S/C20H24FN3O4S/c1-13(2)19(24-29(27,28)18-10-5-4-9-17(18)21)20(26)22-12-15-7-6-8-16(11-15)23-14(3)25/h4-11,13,19,24H,12H2,1-3H3,(H,22,26)(H,23,25)/t19-/m0/s1. The van der Waals surface area contributed by atoms with Crippen LogP contribution < -0.4 is 15.4 Å². The first-order valence-electron chi connectivity index (χ1n) is 9.01. The Morgan fingerprint density at radius 3 is 2.38 bits per heavy atom. The number of hydrogen-bond donors (Lipinski definition) is 3. The van der Waals surface area contributed by atoms with Crippen molar-refractivity contribution >= 4 is 27.5 Å². The molecule has 0 bridgehead atoms. The third kappa shape index (κ3) is 6.37. The summed E-state index contributed by atoms with van der Waals surface area (Å²) in [6.07, 6.45) is 0. The van der Waals surface area contributed by atoms with Gasteiger partial charge in [0.15, 0.2) is 0 Å². The van der Waals surface area contributed by atoms with Crippen LogP contribution in [0.4, 0.5) is 10.1 Å². The number of nitrogens with one attached hydrogen (secondary N) is 3. The van der Waals surface area contributed by atoms with Gasteiger partial charge >= 0.3 is 0 Å². The molecule has 1 atom stereocenters. The van der Waals surface area contributed by atoms with Gasteiger partial charge in [-0.15, -0.1) is 0 Å². The van der Waals surface area contributed by atoms with Gasteiger partial charge in [0.25, 0.3) is 0 Å². The molecule has 0 aromatic heterocycles. The number of amides is 2. The first-order valence-corrected chi connectivity index (χ1v) is 10.5. The number of carbonyl (C=O) groups is 2. The van der Waals surface area contributed by atoms with Crippen LogP contribution in [0.3, 0.4) is 0 Å². The molecule has 3 N–H and O–H groups in total. The van der Waals surface area contributed by atoms with E-state index in [-0.39, 0.29) is 18.4 Å². The lowest BCUT2D eigenvalue weighted by Gasteiger charge is -2.22. The minimum atomic E-state index is -4.22. The van der Waals surface area contributed by atoms with Crippen LogP contribution >= 0.6 is 0 Å². The third-order valence-electron chi connectivity index (χ3n) is 4.07. The highest BCUT2D eigenvalue weighted by Crippen LogP contribution is 2.16. The Morgan fingerprint density at radius 1 is 1.07 bits per heavy atom. The molecule has 0 aliphatic carbocycles. The molecule has 0 aliphatic heterocycles. The largest absolute Gasteiger partial charge is 0.351 e. The van der Waals surface area contributed by atoms with E-state index in [1.54, 1.807) is 38.1 Å². The molecule has 7 nitrogen and oxygen atoms in total. The summed E-state index contributed by atoms with van der Waals surface area (Å²) in [5.41, 5.74) is 1.31. The van der Waals surface area contributed by atoms with Crippen LogP contribution in [0.5, 0.6) is 0 Å². The lowest BCUT2D eigenvalue weighted by atomic mass is 10.0. The highest BCUT2D eigenvalue weighted by Gasteiger charge is 2.29. The summed E-state index contributed by atoms with van der Waals surface area (Å²) in [5, 5.41) is 5.33. The van der Waals surface area contributed by atoms with Crippen molar-refractivity contribution in [2.45, 2.75) is 38.3 Å². The highest BCUT2D eigenvalue weighted by atomic mass is 32.2. The maximum absolute atomic E-state index is 13.9. The first-order chi connectivity index (χ1) is 13.6. The van der Waals surface area contributed by atoms with Crippen LogP contribution in [0.15, 0.2) is 53.4 Å². The normalized spacial score (nSPS) is 12.4. The molecular formula is C20H24FN3O4S. The van der Waals surface area contributed by atoms with E-state index in [2.05, 4.69) is 15.4 Å². The summed E-state index contributed by atoms with van der Waals surface area (Å²) < 4.78 is 41.2. The molecule has 0 unspecified atom stereocenters. The second kappa shape index (κ2) is 9.62. The van der Waals surface area contributed by atoms with Gasteiger partial charge in [-0.1, -0.05) is 38.1 Å². The fraction of sp³-hybridized carbons (Fsp3) is 0.300. The van der Waals surface area contributed by atoms with Crippen molar-refractivity contribution in [1.29, 1.82) is 0 Å². The number of halogens is 1. The van der Waals surface area contributed by atoms with Crippen LogP contribution in [0.1, 0.15) is 26.3 Å². The molecule has 0 spiro atoms. The fourth-order valence-electron chi connectivity index (χ4n) is 2.65. The highest BCUT2D eigenvalue weighted by molar-refractivity contribution is 7.89. The van der Waals surface area contributed by atoms with Gasteiger partial charge in [0, 0.05) is 19.2 Å². The summed E-state index contributed by atoms with van der Waals surface area (Å²) in [7, 11) is -4.22. The fourth-order valence-corrected chi connectivity index (χ4v) is 4.07. The second-order valence-electron chi connectivity index (χ2n) is 6.87. The van der Waals surface area contributed by atoms with Crippen LogP contribution in [-0.2, 0) is 26.2 Å². The van der Waals surface area contributed by atoms with E-state index in [4.69, 9.17) is 0 Å². The molecule has 0 saturated carbocycles. The summed E-state index contributed by atoms with van der Waals surface area (Å²) in [5.74, 6) is -2.02. The molecule has 2 rings (SSSR count). The van der Waals surface area contributed by atoms with Crippen molar-refractivity contribution in [2.24, 2.45) is 5.92 Å². The molecule has 0 aliphatic rings. The van der Waals surface area contributed by atoms with E-state index in [0.29, 0.717) is 5.69 Å². The average molecular weight is 421 g/mol. The van der Waals surface area contributed by atoms with Gasteiger partial charge < -0.3 is 10.6 Å². The van der Waals surface area contributed by atoms with Crippen molar-refractivity contribution in [1.82, 2.24) is 10.0 Å². The quantitative estimate of drug-likeness (QED) is 0.609. The summed E-state index contributed by atoms with van der Waals surface area (Å²) >= 11 is 0. The Hall–Kier alpha value is -2.78. The van der Waals surface area contributed by atoms with Crippen LogP contribution in [0.2, 0.25) is 0 Å². The number of rotatable bonds is 8. The Balaban J connectivity index is 2.10. The summed E-state index contributed by atoms with van der Waals surface area (Å²) in [4.78, 5) is 23.3. The average Bonchev–Trinajstić information content (AvgIpc) is 2.64. The van der Waals surface area contributed by atoms with Gasteiger partial charge in [-0.05, 0) is 35.7 Å². The topological polar surface area (TPSA) is 104 Å². The van der Waals surface area contributed by atoms with Crippen LogP contribution in [0, 0.1) is 11.7 Å². The lowest BCUT2D eigenvalue weighted by molar-refractivity contribution is -0.123. The number of hydrogen-bond acceptors (Lipinski definition) is 4. The van der Waals surface area contributed by atoms with E-state index in [0.717, 1.165) is 17.7 Å². The van der Waals surface area contributed by atoms with Crippen molar-refractivity contribution in [3.05, 3.63) is 59.9 Å². The monoisotopic (exact) mass is 421 g/mol. The van der Waals surface area contributed by atoms with Crippen LogP contribution in [-0.4, -0.2) is 26.3 Å². The predicted octanol–water partition coefficient (Wildman–Crippen LogP) is 2.40. The van der Waals surface area contributed by atoms with Gasteiger partial charge in [-0.25, -0.2) is 12.8 Å². The van der Waals surface area contributed by atoms with Crippen molar-refractivity contribution in [2.75, 3.05) is 5.32 Å². The zero-order chi connectivity index (χ0) is 21.6. The molecule has 0 heterocycles. The van der Waals surface area contributed by atoms with Crippen molar-refractivity contribution < 1.29 is 22.4 Å². The minimum absolute atomic E-state index is 0.136. The number of carbonyl (C=O) groups excluding carboxylic acids is 2. The molecule has 2 aromatic rings. The van der Waals surface area contributed by atoms with Gasteiger partial charge in [-0.2, -0.15) is 4.72 Å². The van der Waals surface area contributed by atoms with Gasteiger partial charge in [-0.3, -0.25) is 9.59 Å². The van der Waals surface area contributed by atoms with E-state index >= 15 is 0 Å². The molecule has 2 amide bonds. The van der Waals surface area contributed by atoms with E-state index in [1.165, 1.54) is 19.1 Å². The molecule has 156 valence electrons. The molecule has 0 radical (unpaired) electrons. The van der Waals surface area contributed by atoms with E-state index in [9.17, 15) is 22.4 Å². The van der Waals surface area contributed by atoms with Crippen molar-refractivity contribution in [3.8, 4) is 0 Å². The van der Waals surface area contributed by atoms with E-state index < -0.39 is 32.7 Å². The molecule has 9 heteroatoms. The maximum Gasteiger partial charge on any atom is 0.244 e. The minimum Gasteiger partial charge on any atom is -0.351 e. The Kier molecular flexibility index (Phi) is 7.46. The Bertz CT molecular complexity index is 993. The lowest BCUT2D eigenvalue weighted by Crippen LogP contribution is -2.49. The first kappa shape index (κ1) is 22.5. The van der Waals surface area contributed by atoms with Crippen molar-refractivity contribution in [3.63, 3.8) is 0 Å². The Labute approximate surface area is 169 Å². The van der Waals surface area contributed by atoms with Gasteiger partial charge in [0.2, 0.25) is 21.8 Å². The molecule has 0 saturated heterocycles. The molecule has 29 heavy (non-hydrogen) atoms. The maximum atomic E-state index is 13.9. The molecule has 0 fully saturated rings. The third-order valence-corrected chi connectivity index (χ3v) is 5.55. The van der Waals surface area contributed by atoms with Gasteiger partial charge in [0.1, 0.15) is 16.8 Å². The number of anilines is 1. The zero-order valence-electron chi connectivity index (χ0n) is 16.4. The second-order valence-corrected chi connectivity index (χ2v) is 8.56. The molecular weight excluding hydrogens is 397 g/mol. The van der Waals surface area contributed by atoms with E-state index in [1.807, 2.05) is 0 Å².